The van der Waals surface area contributed by atoms with E-state index >= 15 is 0 Å². The van der Waals surface area contributed by atoms with Crippen LogP contribution in [0.4, 0.5) is 4.79 Å². The summed E-state index contributed by atoms with van der Waals surface area (Å²) < 4.78 is 8.12. The molecule has 0 spiro atoms. The minimum atomic E-state index is -0.180. The monoisotopic (exact) mass is 449 g/mol. The number of ether oxygens (including phenoxy) is 1. The van der Waals surface area contributed by atoms with E-state index in [2.05, 4.69) is 47.3 Å². The number of nitrogens with one attached hydrogen (secondary N) is 1. The summed E-state index contributed by atoms with van der Waals surface area (Å²) in [5.41, 5.74) is 5.01. The van der Waals surface area contributed by atoms with Crippen LogP contribution >= 0.6 is 11.3 Å². The molecule has 1 unspecified atom stereocenters. The van der Waals surface area contributed by atoms with Crippen LogP contribution in [0.5, 0.6) is 5.75 Å². The zero-order chi connectivity index (χ0) is 22.1. The van der Waals surface area contributed by atoms with Gasteiger partial charge in [0, 0.05) is 23.2 Å². The highest BCUT2D eigenvalue weighted by molar-refractivity contribution is 7.15. The number of urea groups is 1. The average molecular weight is 450 g/mol. The molecule has 3 aromatic rings. The van der Waals surface area contributed by atoms with Gasteiger partial charge in [-0.15, -0.1) is 11.3 Å². The van der Waals surface area contributed by atoms with Crippen LogP contribution < -0.4 is 10.1 Å². The van der Waals surface area contributed by atoms with Crippen molar-refractivity contribution in [2.45, 2.75) is 58.5 Å². The Morgan fingerprint density at radius 2 is 2.03 bits per heavy atom. The number of amides is 2. The van der Waals surface area contributed by atoms with Crippen LogP contribution in [0.25, 0.3) is 5.00 Å². The molecule has 5 nitrogen and oxygen atoms in total. The number of aryl methyl sites for hydroxylation is 1. The van der Waals surface area contributed by atoms with E-state index in [0.717, 1.165) is 36.3 Å². The molecule has 1 aliphatic heterocycles. The first-order valence-electron chi connectivity index (χ1n) is 11.8. The van der Waals surface area contributed by atoms with Gasteiger partial charge in [0.1, 0.15) is 10.8 Å². The molecule has 1 N–H and O–H groups in total. The summed E-state index contributed by atoms with van der Waals surface area (Å²) in [6.07, 6.45) is 7.84. The Morgan fingerprint density at radius 1 is 1.16 bits per heavy atom. The molecule has 32 heavy (non-hydrogen) atoms. The number of nitrogens with zero attached hydrogens (tertiary/aromatic N) is 2. The van der Waals surface area contributed by atoms with Crippen LogP contribution in [0.3, 0.4) is 0 Å². The van der Waals surface area contributed by atoms with E-state index in [9.17, 15) is 4.79 Å². The topological polar surface area (TPSA) is 46.5 Å². The van der Waals surface area contributed by atoms with Gasteiger partial charge < -0.3 is 19.5 Å². The second kappa shape index (κ2) is 9.02. The van der Waals surface area contributed by atoms with Crippen molar-refractivity contribution in [2.75, 3.05) is 13.2 Å². The second-order valence-electron chi connectivity index (χ2n) is 8.57. The number of thiophene rings is 1. The Hall–Kier alpha value is -2.73. The molecular weight excluding hydrogens is 418 g/mol. The highest BCUT2D eigenvalue weighted by atomic mass is 32.1. The zero-order valence-corrected chi connectivity index (χ0v) is 19.7. The van der Waals surface area contributed by atoms with Crippen LogP contribution in [-0.4, -0.2) is 28.6 Å². The summed E-state index contributed by atoms with van der Waals surface area (Å²) in [7, 11) is 0. The highest BCUT2D eigenvalue weighted by Crippen LogP contribution is 2.44. The third-order valence-electron chi connectivity index (χ3n) is 6.45. The molecule has 6 heteroatoms. The van der Waals surface area contributed by atoms with Crippen molar-refractivity contribution in [2.24, 2.45) is 0 Å². The Bertz CT molecular complexity index is 1120. The molecule has 0 saturated heterocycles. The lowest BCUT2D eigenvalue weighted by molar-refractivity contribution is 0.180. The number of rotatable bonds is 5. The SMILES string of the molecule is CCCNC(=O)N1Cc2c(sc3c2CCCC3)-n2cccc2C1c1cccc(OCC)c1. The smallest absolute Gasteiger partial charge is 0.318 e. The Morgan fingerprint density at radius 3 is 2.88 bits per heavy atom. The molecule has 1 aromatic carbocycles. The molecule has 168 valence electrons. The molecule has 2 amide bonds. The molecule has 1 atom stereocenters. The third-order valence-corrected chi connectivity index (χ3v) is 7.78. The van der Waals surface area contributed by atoms with Gasteiger partial charge in [-0.25, -0.2) is 4.79 Å². The van der Waals surface area contributed by atoms with E-state index in [1.807, 2.05) is 35.3 Å². The lowest BCUT2D eigenvalue weighted by Gasteiger charge is -2.31. The maximum Gasteiger partial charge on any atom is 0.318 e. The average Bonchev–Trinajstić information content (AvgIpc) is 3.40. The summed E-state index contributed by atoms with van der Waals surface area (Å²) in [5, 5.41) is 4.43. The molecule has 2 aliphatic rings. The largest absolute Gasteiger partial charge is 0.494 e. The van der Waals surface area contributed by atoms with Gasteiger partial charge in [0.25, 0.3) is 0 Å². The number of carbonyl (C=O) groups is 1. The number of carbonyl (C=O) groups excluding carboxylic acids is 1. The molecule has 5 rings (SSSR count). The fourth-order valence-corrected chi connectivity index (χ4v) is 6.42. The van der Waals surface area contributed by atoms with Crippen LogP contribution in [0.2, 0.25) is 0 Å². The lowest BCUT2D eigenvalue weighted by Crippen LogP contribution is -2.42. The van der Waals surface area contributed by atoms with Gasteiger partial charge >= 0.3 is 6.03 Å². The van der Waals surface area contributed by atoms with Crippen molar-refractivity contribution in [1.29, 1.82) is 0 Å². The van der Waals surface area contributed by atoms with Gasteiger partial charge in [0.2, 0.25) is 0 Å². The predicted molar refractivity (Wildman–Crippen MR) is 129 cm³/mol. The maximum absolute atomic E-state index is 13.5. The fraction of sp³-hybridized carbons (Fsp3) is 0.423. The Labute approximate surface area is 194 Å². The molecule has 0 saturated carbocycles. The van der Waals surface area contributed by atoms with E-state index in [0.29, 0.717) is 19.7 Å². The quantitative estimate of drug-likeness (QED) is 0.532. The summed E-state index contributed by atoms with van der Waals surface area (Å²) in [6, 6.07) is 12.3. The van der Waals surface area contributed by atoms with Crippen LogP contribution in [0.15, 0.2) is 42.6 Å². The van der Waals surface area contributed by atoms with Gasteiger partial charge in [-0.2, -0.15) is 0 Å². The molecule has 0 fully saturated rings. The number of hydrogen-bond acceptors (Lipinski definition) is 3. The predicted octanol–water partition coefficient (Wildman–Crippen LogP) is 5.84. The fourth-order valence-electron chi connectivity index (χ4n) is 5.01. The molecule has 2 aromatic heterocycles. The van der Waals surface area contributed by atoms with Gasteiger partial charge in [-0.3, -0.25) is 0 Å². The number of fused-ring (bicyclic) bond motifs is 5. The first-order valence-corrected chi connectivity index (χ1v) is 12.6. The first kappa shape index (κ1) is 21.1. The van der Waals surface area contributed by atoms with E-state index < -0.39 is 0 Å². The standard InChI is InChI=1S/C26H31N3O2S/c1-3-14-27-26(30)29-17-21-20-11-5-6-13-23(20)32-25(21)28-15-8-12-22(28)24(29)18-9-7-10-19(16-18)31-4-2/h7-10,12,15-16,24H,3-6,11,13-14,17H2,1-2H3,(H,27,30). The van der Waals surface area contributed by atoms with Gasteiger partial charge in [-0.05, 0) is 74.4 Å². The van der Waals surface area contributed by atoms with E-state index in [1.54, 1.807) is 0 Å². The maximum atomic E-state index is 13.5. The summed E-state index contributed by atoms with van der Waals surface area (Å²) in [4.78, 5) is 17.0. The number of aromatic nitrogens is 1. The molecule has 0 bridgehead atoms. The third kappa shape index (κ3) is 3.71. The van der Waals surface area contributed by atoms with E-state index in [-0.39, 0.29) is 12.1 Å². The summed E-state index contributed by atoms with van der Waals surface area (Å²) >= 11 is 1.92. The van der Waals surface area contributed by atoms with Crippen LogP contribution in [0.1, 0.15) is 66.4 Å². The van der Waals surface area contributed by atoms with Gasteiger partial charge in [0.05, 0.1) is 24.9 Å². The van der Waals surface area contributed by atoms with E-state index in [4.69, 9.17) is 4.74 Å². The van der Waals surface area contributed by atoms with Crippen molar-refractivity contribution in [3.8, 4) is 10.8 Å². The van der Waals surface area contributed by atoms with Crippen molar-refractivity contribution < 1.29 is 9.53 Å². The van der Waals surface area contributed by atoms with Crippen LogP contribution in [0, 0.1) is 0 Å². The molecule has 1 aliphatic carbocycles. The van der Waals surface area contributed by atoms with Gasteiger partial charge in [0.15, 0.2) is 0 Å². The number of benzene rings is 1. The van der Waals surface area contributed by atoms with Crippen molar-refractivity contribution in [3.63, 3.8) is 0 Å². The molecule has 3 heterocycles. The van der Waals surface area contributed by atoms with Crippen molar-refractivity contribution in [3.05, 3.63) is 69.9 Å². The summed E-state index contributed by atoms with van der Waals surface area (Å²) in [6.45, 7) is 6.01. The lowest BCUT2D eigenvalue weighted by atomic mass is 9.95. The van der Waals surface area contributed by atoms with Crippen LogP contribution in [-0.2, 0) is 19.4 Å². The van der Waals surface area contributed by atoms with Gasteiger partial charge in [-0.1, -0.05) is 19.1 Å². The van der Waals surface area contributed by atoms with E-state index in [1.165, 1.54) is 33.8 Å². The first-order chi connectivity index (χ1) is 15.7. The Kier molecular flexibility index (Phi) is 5.96. The summed E-state index contributed by atoms with van der Waals surface area (Å²) in [5.74, 6) is 0.841. The number of hydrogen-bond donors (Lipinski definition) is 1. The molecular formula is C26H31N3O2S. The second-order valence-corrected chi connectivity index (χ2v) is 9.65. The molecule has 0 radical (unpaired) electrons. The van der Waals surface area contributed by atoms with Crippen molar-refractivity contribution in [1.82, 2.24) is 14.8 Å². The Balaban J connectivity index is 1.66. The zero-order valence-electron chi connectivity index (χ0n) is 18.9. The van der Waals surface area contributed by atoms with Crippen molar-refractivity contribution >= 4 is 17.4 Å². The minimum absolute atomic E-state index is 0.00461. The normalized spacial score (nSPS) is 17.2. The highest BCUT2D eigenvalue weighted by Gasteiger charge is 2.36. The minimum Gasteiger partial charge on any atom is -0.494 e.